The van der Waals surface area contributed by atoms with Gasteiger partial charge in [0.15, 0.2) is 0 Å². The summed E-state index contributed by atoms with van der Waals surface area (Å²) in [6.07, 6.45) is 1.07. The fourth-order valence-corrected chi connectivity index (χ4v) is 1.93. The lowest BCUT2D eigenvalue weighted by Crippen LogP contribution is -2.17. The SMILES string of the molecule is CCC(C)C(N)c1cc2c(C)cccc2o1. The Labute approximate surface area is 96.4 Å². The van der Waals surface area contributed by atoms with Crippen LogP contribution in [0.15, 0.2) is 28.7 Å². The highest BCUT2D eigenvalue weighted by Gasteiger charge is 2.17. The predicted molar refractivity (Wildman–Crippen MR) is 67.3 cm³/mol. The first-order valence-corrected chi connectivity index (χ1v) is 5.88. The minimum atomic E-state index is -0.00296. The van der Waals surface area contributed by atoms with E-state index in [9.17, 15) is 0 Å². The molecular formula is C14H19NO. The van der Waals surface area contributed by atoms with E-state index in [-0.39, 0.29) is 6.04 Å². The summed E-state index contributed by atoms with van der Waals surface area (Å²) in [5.41, 5.74) is 8.35. The highest BCUT2D eigenvalue weighted by Crippen LogP contribution is 2.29. The van der Waals surface area contributed by atoms with Gasteiger partial charge in [-0.05, 0) is 30.5 Å². The number of fused-ring (bicyclic) bond motifs is 1. The summed E-state index contributed by atoms with van der Waals surface area (Å²) in [7, 11) is 0. The molecule has 2 atom stereocenters. The van der Waals surface area contributed by atoms with Gasteiger partial charge < -0.3 is 10.2 Å². The molecule has 0 saturated carbocycles. The number of aryl methyl sites for hydroxylation is 1. The molecule has 2 N–H and O–H groups in total. The Morgan fingerprint density at radius 3 is 2.75 bits per heavy atom. The van der Waals surface area contributed by atoms with Gasteiger partial charge in [-0.25, -0.2) is 0 Å². The Morgan fingerprint density at radius 1 is 1.38 bits per heavy atom. The molecule has 1 heterocycles. The van der Waals surface area contributed by atoms with Crippen LogP contribution in [-0.4, -0.2) is 0 Å². The van der Waals surface area contributed by atoms with Crippen molar-refractivity contribution in [3.8, 4) is 0 Å². The second-order valence-corrected chi connectivity index (χ2v) is 4.55. The largest absolute Gasteiger partial charge is 0.459 e. The van der Waals surface area contributed by atoms with Crippen molar-refractivity contribution in [1.29, 1.82) is 0 Å². The number of hydrogen-bond acceptors (Lipinski definition) is 2. The molecule has 0 radical (unpaired) electrons. The zero-order valence-corrected chi connectivity index (χ0v) is 10.2. The monoisotopic (exact) mass is 217 g/mol. The van der Waals surface area contributed by atoms with Gasteiger partial charge in [0.25, 0.3) is 0 Å². The van der Waals surface area contributed by atoms with Crippen molar-refractivity contribution >= 4 is 11.0 Å². The smallest absolute Gasteiger partial charge is 0.134 e. The zero-order valence-electron chi connectivity index (χ0n) is 10.2. The molecule has 2 rings (SSSR count). The third kappa shape index (κ3) is 1.85. The van der Waals surface area contributed by atoms with Gasteiger partial charge in [-0.1, -0.05) is 32.4 Å². The summed E-state index contributed by atoms with van der Waals surface area (Å²) < 4.78 is 5.81. The number of hydrogen-bond donors (Lipinski definition) is 1. The fourth-order valence-electron chi connectivity index (χ4n) is 1.93. The average molecular weight is 217 g/mol. The molecule has 0 bridgehead atoms. The van der Waals surface area contributed by atoms with Crippen LogP contribution in [0.2, 0.25) is 0 Å². The zero-order chi connectivity index (χ0) is 11.7. The van der Waals surface area contributed by atoms with Crippen molar-refractivity contribution in [1.82, 2.24) is 0 Å². The van der Waals surface area contributed by atoms with Crippen molar-refractivity contribution < 1.29 is 4.42 Å². The summed E-state index contributed by atoms with van der Waals surface area (Å²) in [6.45, 7) is 6.40. The molecule has 0 amide bonds. The minimum Gasteiger partial charge on any atom is -0.459 e. The van der Waals surface area contributed by atoms with E-state index in [0.717, 1.165) is 17.8 Å². The maximum atomic E-state index is 6.17. The Hall–Kier alpha value is -1.28. The van der Waals surface area contributed by atoms with Crippen LogP contribution < -0.4 is 5.73 Å². The van der Waals surface area contributed by atoms with Crippen LogP contribution in [0.4, 0.5) is 0 Å². The molecule has 0 spiro atoms. The summed E-state index contributed by atoms with van der Waals surface area (Å²) in [4.78, 5) is 0. The maximum absolute atomic E-state index is 6.17. The lowest BCUT2D eigenvalue weighted by Gasteiger charge is -2.15. The molecule has 2 heteroatoms. The van der Waals surface area contributed by atoms with Crippen molar-refractivity contribution in [2.45, 2.75) is 33.2 Å². The van der Waals surface area contributed by atoms with Crippen molar-refractivity contribution in [2.75, 3.05) is 0 Å². The first-order valence-electron chi connectivity index (χ1n) is 5.88. The van der Waals surface area contributed by atoms with Crippen LogP contribution in [0.3, 0.4) is 0 Å². The second-order valence-electron chi connectivity index (χ2n) is 4.55. The van der Waals surface area contributed by atoms with E-state index in [4.69, 9.17) is 10.2 Å². The number of rotatable bonds is 3. The Balaban J connectivity index is 2.43. The quantitative estimate of drug-likeness (QED) is 0.849. The molecule has 0 aliphatic carbocycles. The van der Waals surface area contributed by atoms with E-state index >= 15 is 0 Å². The highest BCUT2D eigenvalue weighted by atomic mass is 16.3. The van der Waals surface area contributed by atoms with E-state index < -0.39 is 0 Å². The van der Waals surface area contributed by atoms with E-state index in [1.807, 2.05) is 12.1 Å². The third-order valence-electron chi connectivity index (χ3n) is 3.38. The van der Waals surface area contributed by atoms with E-state index in [1.54, 1.807) is 0 Å². The molecule has 1 aromatic carbocycles. The van der Waals surface area contributed by atoms with Gasteiger partial charge in [0, 0.05) is 5.39 Å². The van der Waals surface area contributed by atoms with Gasteiger partial charge in [0.2, 0.25) is 0 Å². The molecule has 2 unspecified atom stereocenters. The molecule has 86 valence electrons. The summed E-state index contributed by atoms with van der Waals surface area (Å²) >= 11 is 0. The van der Waals surface area contributed by atoms with Gasteiger partial charge in [0.1, 0.15) is 11.3 Å². The Morgan fingerprint density at radius 2 is 2.12 bits per heavy atom. The van der Waals surface area contributed by atoms with Gasteiger partial charge in [0.05, 0.1) is 6.04 Å². The van der Waals surface area contributed by atoms with Gasteiger partial charge in [-0.3, -0.25) is 0 Å². The molecular weight excluding hydrogens is 198 g/mol. The summed E-state index contributed by atoms with van der Waals surface area (Å²) in [5, 5.41) is 1.18. The fraction of sp³-hybridized carbons (Fsp3) is 0.429. The molecule has 0 aliphatic heterocycles. The van der Waals surface area contributed by atoms with Crippen molar-refractivity contribution in [3.05, 3.63) is 35.6 Å². The van der Waals surface area contributed by atoms with Gasteiger partial charge >= 0.3 is 0 Å². The predicted octanol–water partition coefficient (Wildman–Crippen LogP) is 3.79. The first kappa shape index (κ1) is 11.2. The number of benzene rings is 1. The Bertz CT molecular complexity index is 486. The second kappa shape index (κ2) is 4.30. The first-order chi connectivity index (χ1) is 7.63. The third-order valence-corrected chi connectivity index (χ3v) is 3.38. The Kier molecular flexibility index (Phi) is 3.01. The van der Waals surface area contributed by atoms with Gasteiger partial charge in [-0.15, -0.1) is 0 Å². The molecule has 0 aliphatic rings. The lowest BCUT2D eigenvalue weighted by molar-refractivity contribution is 0.388. The topological polar surface area (TPSA) is 39.2 Å². The van der Waals surface area contributed by atoms with Gasteiger partial charge in [-0.2, -0.15) is 0 Å². The molecule has 2 aromatic rings. The molecule has 16 heavy (non-hydrogen) atoms. The van der Waals surface area contributed by atoms with Crippen LogP contribution in [0.25, 0.3) is 11.0 Å². The van der Waals surface area contributed by atoms with E-state index in [0.29, 0.717) is 5.92 Å². The van der Waals surface area contributed by atoms with Crippen molar-refractivity contribution in [3.63, 3.8) is 0 Å². The van der Waals surface area contributed by atoms with Crippen LogP contribution in [0, 0.1) is 12.8 Å². The van der Waals surface area contributed by atoms with Crippen LogP contribution in [0.1, 0.15) is 37.6 Å². The number of furan rings is 1. The molecule has 0 fully saturated rings. The summed E-state index contributed by atoms with van der Waals surface area (Å²) in [5.74, 6) is 1.35. The van der Waals surface area contributed by atoms with Crippen LogP contribution in [-0.2, 0) is 0 Å². The molecule has 0 saturated heterocycles. The lowest BCUT2D eigenvalue weighted by atomic mass is 9.98. The van der Waals surface area contributed by atoms with Crippen molar-refractivity contribution in [2.24, 2.45) is 11.7 Å². The maximum Gasteiger partial charge on any atom is 0.134 e. The van der Waals surface area contributed by atoms with E-state index in [1.165, 1.54) is 10.9 Å². The van der Waals surface area contributed by atoms with Crippen LogP contribution in [0.5, 0.6) is 0 Å². The minimum absolute atomic E-state index is 0.00296. The average Bonchev–Trinajstić information content (AvgIpc) is 2.72. The number of nitrogens with two attached hydrogens (primary N) is 1. The summed E-state index contributed by atoms with van der Waals surface area (Å²) in [6, 6.07) is 8.18. The molecule has 2 nitrogen and oxygen atoms in total. The highest BCUT2D eigenvalue weighted by molar-refractivity contribution is 5.81. The van der Waals surface area contributed by atoms with E-state index in [2.05, 4.69) is 32.9 Å². The van der Waals surface area contributed by atoms with Crippen LogP contribution >= 0.6 is 0 Å². The normalized spacial score (nSPS) is 15.2. The molecule has 1 aromatic heterocycles. The standard InChI is InChI=1S/C14H19NO/c1-4-9(2)14(15)13-8-11-10(3)6-5-7-12(11)16-13/h5-9,14H,4,15H2,1-3H3.